The minimum atomic E-state index is -0.514. The van der Waals surface area contributed by atoms with Crippen LogP contribution < -0.4 is 10.1 Å². The maximum Gasteiger partial charge on any atom is 0.242 e. The predicted molar refractivity (Wildman–Crippen MR) is 127 cm³/mol. The number of carbonyl (C=O) groups is 2. The highest BCUT2D eigenvalue weighted by Crippen LogP contribution is 2.19. The van der Waals surface area contributed by atoms with Crippen LogP contribution in [0.25, 0.3) is 0 Å². The standard InChI is InChI=1S/C27H36N2O3/c1-21-11-9-12-23(19-21)20-29(22(2)27(31)28-24-13-5-3-6-14-24)26(30)17-10-18-32-25-15-7-4-8-16-25/h4,7-9,11-12,15-16,19,22,24H,3,5-6,10,13-14,17-18,20H2,1-2H3,(H,28,31). The Balaban J connectivity index is 1.60. The highest BCUT2D eigenvalue weighted by molar-refractivity contribution is 5.87. The molecule has 0 aliphatic heterocycles. The average molecular weight is 437 g/mol. The Morgan fingerprint density at radius 3 is 2.53 bits per heavy atom. The van der Waals surface area contributed by atoms with E-state index in [4.69, 9.17) is 4.74 Å². The first-order valence-corrected chi connectivity index (χ1v) is 11.9. The van der Waals surface area contributed by atoms with Gasteiger partial charge in [-0.3, -0.25) is 9.59 Å². The number of hydrogen-bond acceptors (Lipinski definition) is 3. The van der Waals surface area contributed by atoms with Crippen molar-refractivity contribution in [1.29, 1.82) is 0 Å². The summed E-state index contributed by atoms with van der Waals surface area (Å²) in [6, 6.07) is 17.4. The summed E-state index contributed by atoms with van der Waals surface area (Å²) in [6.07, 6.45) is 6.57. The molecule has 2 aromatic carbocycles. The lowest BCUT2D eigenvalue weighted by Crippen LogP contribution is -2.50. The van der Waals surface area contributed by atoms with Crippen LogP contribution in [0.3, 0.4) is 0 Å². The van der Waals surface area contributed by atoms with Gasteiger partial charge in [-0.25, -0.2) is 0 Å². The molecule has 3 rings (SSSR count). The quantitative estimate of drug-likeness (QED) is 0.532. The molecular weight excluding hydrogens is 400 g/mol. The topological polar surface area (TPSA) is 58.6 Å². The molecule has 2 amide bonds. The van der Waals surface area contributed by atoms with Gasteiger partial charge < -0.3 is 15.0 Å². The third-order valence-electron chi connectivity index (χ3n) is 6.10. The molecule has 5 nitrogen and oxygen atoms in total. The Hall–Kier alpha value is -2.82. The van der Waals surface area contributed by atoms with E-state index in [0.29, 0.717) is 26.0 Å². The molecule has 1 aliphatic carbocycles. The van der Waals surface area contributed by atoms with Gasteiger partial charge in [0.2, 0.25) is 11.8 Å². The van der Waals surface area contributed by atoms with Crippen molar-refractivity contribution in [1.82, 2.24) is 10.2 Å². The molecule has 1 saturated carbocycles. The van der Waals surface area contributed by atoms with Crippen molar-refractivity contribution in [3.8, 4) is 5.75 Å². The summed E-state index contributed by atoms with van der Waals surface area (Å²) in [5.74, 6) is 0.727. The van der Waals surface area contributed by atoms with Crippen molar-refractivity contribution in [2.75, 3.05) is 6.61 Å². The van der Waals surface area contributed by atoms with E-state index in [-0.39, 0.29) is 17.9 Å². The molecule has 1 fully saturated rings. The molecule has 5 heteroatoms. The van der Waals surface area contributed by atoms with Crippen LogP contribution in [0.5, 0.6) is 5.75 Å². The molecule has 1 aliphatic rings. The number of ether oxygens (including phenoxy) is 1. The van der Waals surface area contributed by atoms with Crippen LogP contribution in [-0.4, -0.2) is 35.4 Å². The summed E-state index contributed by atoms with van der Waals surface area (Å²) >= 11 is 0. The summed E-state index contributed by atoms with van der Waals surface area (Å²) < 4.78 is 5.73. The fourth-order valence-corrected chi connectivity index (χ4v) is 4.23. The summed E-state index contributed by atoms with van der Waals surface area (Å²) in [6.45, 7) is 4.78. The van der Waals surface area contributed by atoms with Crippen molar-refractivity contribution >= 4 is 11.8 Å². The zero-order valence-corrected chi connectivity index (χ0v) is 19.4. The first kappa shape index (κ1) is 23.8. The first-order chi connectivity index (χ1) is 15.5. The van der Waals surface area contributed by atoms with Crippen LogP contribution in [0.2, 0.25) is 0 Å². The lowest BCUT2D eigenvalue weighted by atomic mass is 9.95. The minimum Gasteiger partial charge on any atom is -0.494 e. The van der Waals surface area contributed by atoms with Gasteiger partial charge in [-0.05, 0) is 50.8 Å². The van der Waals surface area contributed by atoms with E-state index < -0.39 is 6.04 Å². The second-order valence-corrected chi connectivity index (χ2v) is 8.80. The smallest absolute Gasteiger partial charge is 0.242 e. The van der Waals surface area contributed by atoms with Crippen LogP contribution in [0, 0.1) is 6.92 Å². The van der Waals surface area contributed by atoms with E-state index in [1.165, 1.54) is 6.42 Å². The second kappa shape index (κ2) is 12.3. The van der Waals surface area contributed by atoms with E-state index >= 15 is 0 Å². The van der Waals surface area contributed by atoms with E-state index in [1.807, 2.05) is 62.4 Å². The molecule has 1 unspecified atom stereocenters. The van der Waals surface area contributed by atoms with Crippen LogP contribution in [0.1, 0.15) is 63.0 Å². The lowest BCUT2D eigenvalue weighted by Gasteiger charge is -2.31. The number of rotatable bonds is 10. The Labute approximate surface area is 192 Å². The molecule has 1 N–H and O–H groups in total. The fraction of sp³-hybridized carbons (Fsp3) is 0.481. The van der Waals surface area contributed by atoms with Gasteiger partial charge in [0.25, 0.3) is 0 Å². The van der Waals surface area contributed by atoms with Gasteiger partial charge >= 0.3 is 0 Å². The maximum atomic E-state index is 13.2. The van der Waals surface area contributed by atoms with Gasteiger partial charge in [-0.2, -0.15) is 0 Å². The monoisotopic (exact) mass is 436 g/mol. The molecule has 0 radical (unpaired) electrons. The van der Waals surface area contributed by atoms with Crippen molar-refractivity contribution < 1.29 is 14.3 Å². The average Bonchev–Trinajstić information content (AvgIpc) is 2.81. The Morgan fingerprint density at radius 1 is 1.06 bits per heavy atom. The van der Waals surface area contributed by atoms with Gasteiger partial charge in [0, 0.05) is 19.0 Å². The summed E-state index contributed by atoms with van der Waals surface area (Å²) in [5.41, 5.74) is 2.18. The van der Waals surface area contributed by atoms with Crippen LogP contribution in [0.4, 0.5) is 0 Å². The lowest BCUT2D eigenvalue weighted by molar-refractivity contribution is -0.141. The number of amides is 2. The summed E-state index contributed by atoms with van der Waals surface area (Å²) in [4.78, 5) is 27.9. The molecule has 0 saturated heterocycles. The van der Waals surface area contributed by atoms with E-state index in [2.05, 4.69) is 11.4 Å². The Kier molecular flexibility index (Phi) is 9.14. The Bertz CT molecular complexity index is 862. The molecule has 0 spiro atoms. The number of nitrogens with zero attached hydrogens (tertiary/aromatic N) is 1. The van der Waals surface area contributed by atoms with E-state index in [9.17, 15) is 9.59 Å². The second-order valence-electron chi connectivity index (χ2n) is 8.80. The number of hydrogen-bond donors (Lipinski definition) is 1. The third kappa shape index (κ3) is 7.40. The van der Waals surface area contributed by atoms with Crippen molar-refractivity contribution in [3.05, 3.63) is 65.7 Å². The zero-order valence-electron chi connectivity index (χ0n) is 19.4. The molecule has 1 atom stereocenters. The predicted octanol–water partition coefficient (Wildman–Crippen LogP) is 5.02. The van der Waals surface area contributed by atoms with Gasteiger partial charge in [0.1, 0.15) is 11.8 Å². The summed E-state index contributed by atoms with van der Waals surface area (Å²) in [7, 11) is 0. The number of nitrogens with one attached hydrogen (secondary N) is 1. The van der Waals surface area contributed by atoms with Crippen molar-refractivity contribution in [3.63, 3.8) is 0 Å². The Morgan fingerprint density at radius 2 is 1.81 bits per heavy atom. The first-order valence-electron chi connectivity index (χ1n) is 11.9. The van der Waals surface area contributed by atoms with Crippen LogP contribution in [0.15, 0.2) is 54.6 Å². The fourth-order valence-electron chi connectivity index (χ4n) is 4.23. The molecule has 32 heavy (non-hydrogen) atoms. The molecule has 2 aromatic rings. The molecular formula is C27H36N2O3. The number of benzene rings is 2. The van der Waals surface area contributed by atoms with E-state index in [0.717, 1.165) is 42.6 Å². The molecule has 0 bridgehead atoms. The van der Waals surface area contributed by atoms with Crippen molar-refractivity contribution in [2.24, 2.45) is 0 Å². The van der Waals surface area contributed by atoms with Crippen LogP contribution in [-0.2, 0) is 16.1 Å². The molecule has 0 heterocycles. The van der Waals surface area contributed by atoms with Gasteiger partial charge in [-0.15, -0.1) is 0 Å². The minimum absolute atomic E-state index is 0.0190. The molecule has 0 aromatic heterocycles. The SMILES string of the molecule is Cc1cccc(CN(C(=O)CCCOc2ccccc2)C(C)C(=O)NC2CCCCC2)c1. The maximum absolute atomic E-state index is 13.2. The van der Waals surface area contributed by atoms with Crippen molar-refractivity contribution in [2.45, 2.75) is 77.4 Å². The highest BCUT2D eigenvalue weighted by atomic mass is 16.5. The number of para-hydroxylation sites is 1. The van der Waals surface area contributed by atoms with Crippen LogP contribution >= 0.6 is 0 Å². The van der Waals surface area contributed by atoms with E-state index in [1.54, 1.807) is 4.90 Å². The highest BCUT2D eigenvalue weighted by Gasteiger charge is 2.27. The zero-order chi connectivity index (χ0) is 22.8. The van der Waals surface area contributed by atoms with Gasteiger partial charge in [0.15, 0.2) is 0 Å². The van der Waals surface area contributed by atoms with Gasteiger partial charge in [0.05, 0.1) is 6.61 Å². The molecule has 172 valence electrons. The third-order valence-corrected chi connectivity index (χ3v) is 6.10. The number of aryl methyl sites for hydroxylation is 1. The normalized spacial score (nSPS) is 15.1. The number of carbonyl (C=O) groups excluding carboxylic acids is 2. The summed E-state index contributed by atoms with van der Waals surface area (Å²) in [5, 5.41) is 3.18. The largest absolute Gasteiger partial charge is 0.494 e. The van der Waals surface area contributed by atoms with Gasteiger partial charge in [-0.1, -0.05) is 67.3 Å².